The number of hydrogen-bond acceptors (Lipinski definition) is 6. The van der Waals surface area contributed by atoms with Crippen LogP contribution < -0.4 is 0 Å². The van der Waals surface area contributed by atoms with Crippen LogP contribution in [-0.4, -0.2) is 29.9 Å². The SMILES string of the molecule is c1ccc(-c2nc(-c3ccc(-c4cccnc4)cc3)nc(-c3ccc(-c4ccnc(-c5nc6ccccc6c6ccccc56)c4)cc3)n2)cc1. The zero-order valence-electron chi connectivity index (χ0n) is 26.8. The highest BCUT2D eigenvalue weighted by Gasteiger charge is 2.15. The molecule has 6 nitrogen and oxygen atoms in total. The molecule has 0 aliphatic carbocycles. The monoisotopic (exact) mass is 640 g/mol. The molecule has 6 heteroatoms. The molecular formula is C44H28N6. The quantitative estimate of drug-likeness (QED) is 0.168. The van der Waals surface area contributed by atoms with Crippen molar-refractivity contribution in [2.45, 2.75) is 0 Å². The largest absolute Gasteiger partial charge is 0.264 e. The van der Waals surface area contributed by atoms with Crippen molar-refractivity contribution in [2.24, 2.45) is 0 Å². The summed E-state index contributed by atoms with van der Waals surface area (Å²) in [6, 6.07) is 51.4. The van der Waals surface area contributed by atoms with Crippen LogP contribution in [0.5, 0.6) is 0 Å². The van der Waals surface area contributed by atoms with Gasteiger partial charge in [0.1, 0.15) is 0 Å². The second kappa shape index (κ2) is 12.6. The summed E-state index contributed by atoms with van der Waals surface area (Å²) in [7, 11) is 0. The van der Waals surface area contributed by atoms with Crippen LogP contribution in [0.15, 0.2) is 170 Å². The second-order valence-electron chi connectivity index (χ2n) is 12.0. The van der Waals surface area contributed by atoms with Crippen molar-refractivity contribution in [3.05, 3.63) is 170 Å². The van der Waals surface area contributed by atoms with Gasteiger partial charge < -0.3 is 0 Å². The Morgan fingerprint density at radius 1 is 0.340 bits per heavy atom. The van der Waals surface area contributed by atoms with Gasteiger partial charge in [0.2, 0.25) is 0 Å². The Bertz CT molecular complexity index is 2620. The van der Waals surface area contributed by atoms with E-state index in [-0.39, 0.29) is 0 Å². The molecule has 9 rings (SSSR count). The standard InChI is InChI=1S/C44H28N6/c1-2-9-31(10-3-1)42-48-43(50-44(49-42)33-22-18-30(19-23-33)35-11-8-25-45-28-35)32-20-16-29(17-21-32)34-24-26-46-40(27-34)41-38-14-5-4-12-36(38)37-13-6-7-15-39(37)47-41/h1-28H. The number of hydrogen-bond donors (Lipinski definition) is 0. The van der Waals surface area contributed by atoms with Gasteiger partial charge in [-0.25, -0.2) is 19.9 Å². The molecule has 50 heavy (non-hydrogen) atoms. The molecule has 0 atom stereocenters. The maximum Gasteiger partial charge on any atom is 0.164 e. The zero-order valence-corrected chi connectivity index (χ0v) is 26.8. The molecule has 4 heterocycles. The molecule has 0 saturated heterocycles. The van der Waals surface area contributed by atoms with Crippen LogP contribution in [0.25, 0.3) is 89.5 Å². The third-order valence-corrected chi connectivity index (χ3v) is 8.89. The highest BCUT2D eigenvalue weighted by atomic mass is 15.0. The third kappa shape index (κ3) is 5.55. The Labute approximate surface area is 288 Å². The van der Waals surface area contributed by atoms with Crippen molar-refractivity contribution in [2.75, 3.05) is 0 Å². The highest BCUT2D eigenvalue weighted by Crippen LogP contribution is 2.34. The maximum atomic E-state index is 5.06. The van der Waals surface area contributed by atoms with Crippen LogP contribution in [0.1, 0.15) is 0 Å². The third-order valence-electron chi connectivity index (χ3n) is 8.89. The van der Waals surface area contributed by atoms with Crippen LogP contribution in [-0.2, 0) is 0 Å². The van der Waals surface area contributed by atoms with Gasteiger partial charge in [0.05, 0.1) is 16.9 Å². The van der Waals surface area contributed by atoms with Gasteiger partial charge in [0, 0.05) is 46.1 Å². The molecule has 0 fully saturated rings. The molecule has 0 N–H and O–H groups in total. The van der Waals surface area contributed by atoms with Crippen molar-refractivity contribution in [1.29, 1.82) is 0 Å². The summed E-state index contributed by atoms with van der Waals surface area (Å²) >= 11 is 0. The van der Waals surface area contributed by atoms with E-state index in [1.807, 2.05) is 73.1 Å². The van der Waals surface area contributed by atoms with Gasteiger partial charge in [-0.2, -0.15) is 0 Å². The second-order valence-corrected chi connectivity index (χ2v) is 12.0. The first kappa shape index (κ1) is 29.2. The highest BCUT2D eigenvalue weighted by molar-refractivity contribution is 6.10. The maximum absolute atomic E-state index is 5.06. The number of nitrogens with zero attached hydrogens (tertiary/aromatic N) is 6. The topological polar surface area (TPSA) is 77.3 Å². The van der Waals surface area contributed by atoms with E-state index in [4.69, 9.17) is 24.9 Å². The van der Waals surface area contributed by atoms with Gasteiger partial charge >= 0.3 is 0 Å². The summed E-state index contributed by atoms with van der Waals surface area (Å²) in [4.78, 5) is 28.9. The summed E-state index contributed by atoms with van der Waals surface area (Å²) in [5, 5.41) is 3.38. The van der Waals surface area contributed by atoms with Crippen LogP contribution in [0.2, 0.25) is 0 Å². The molecule has 9 aromatic rings. The molecule has 234 valence electrons. The molecule has 0 bridgehead atoms. The van der Waals surface area contributed by atoms with Gasteiger partial charge in [0.25, 0.3) is 0 Å². The number of para-hydroxylation sites is 1. The van der Waals surface area contributed by atoms with E-state index in [0.29, 0.717) is 17.5 Å². The average molecular weight is 641 g/mol. The minimum absolute atomic E-state index is 0.610. The fourth-order valence-electron chi connectivity index (χ4n) is 6.35. The van der Waals surface area contributed by atoms with Crippen molar-refractivity contribution in [3.63, 3.8) is 0 Å². The lowest BCUT2D eigenvalue weighted by Crippen LogP contribution is -2.00. The number of rotatable bonds is 6. The Morgan fingerprint density at radius 2 is 0.880 bits per heavy atom. The minimum atomic E-state index is 0.610. The van der Waals surface area contributed by atoms with Crippen LogP contribution in [0.3, 0.4) is 0 Å². The summed E-state index contributed by atoms with van der Waals surface area (Å²) < 4.78 is 0. The summed E-state index contributed by atoms with van der Waals surface area (Å²) in [6.45, 7) is 0. The smallest absolute Gasteiger partial charge is 0.164 e. The van der Waals surface area contributed by atoms with E-state index in [1.165, 1.54) is 5.39 Å². The van der Waals surface area contributed by atoms with E-state index in [2.05, 4.69) is 96.0 Å². The molecule has 0 amide bonds. The molecule has 0 radical (unpaired) electrons. The Kier molecular flexibility index (Phi) is 7.37. The van der Waals surface area contributed by atoms with Gasteiger partial charge in [-0.3, -0.25) is 9.97 Å². The van der Waals surface area contributed by atoms with Gasteiger partial charge in [-0.05, 0) is 51.9 Å². The molecule has 4 aromatic heterocycles. The summed E-state index contributed by atoms with van der Waals surface area (Å²) in [5.41, 5.74) is 9.65. The van der Waals surface area contributed by atoms with Crippen molar-refractivity contribution in [1.82, 2.24) is 29.9 Å². The van der Waals surface area contributed by atoms with E-state index in [0.717, 1.165) is 66.6 Å². The lowest BCUT2D eigenvalue weighted by Gasteiger charge is -2.11. The molecule has 0 aliphatic rings. The lowest BCUT2D eigenvalue weighted by molar-refractivity contribution is 1.07. The van der Waals surface area contributed by atoms with E-state index in [1.54, 1.807) is 6.20 Å². The van der Waals surface area contributed by atoms with E-state index in [9.17, 15) is 0 Å². The van der Waals surface area contributed by atoms with Crippen molar-refractivity contribution < 1.29 is 0 Å². The van der Waals surface area contributed by atoms with Crippen LogP contribution in [0, 0.1) is 0 Å². The lowest BCUT2D eigenvalue weighted by atomic mass is 10.00. The number of pyridine rings is 3. The van der Waals surface area contributed by atoms with Crippen LogP contribution >= 0.6 is 0 Å². The van der Waals surface area contributed by atoms with Crippen molar-refractivity contribution in [3.8, 4) is 67.8 Å². The average Bonchev–Trinajstić information content (AvgIpc) is 3.21. The predicted octanol–water partition coefficient (Wildman–Crippen LogP) is 10.4. The molecule has 0 spiro atoms. The molecular weight excluding hydrogens is 613 g/mol. The summed E-state index contributed by atoms with van der Waals surface area (Å²) in [6.07, 6.45) is 5.50. The fraction of sp³-hybridized carbons (Fsp3) is 0. The Morgan fingerprint density at radius 3 is 1.54 bits per heavy atom. The van der Waals surface area contributed by atoms with Gasteiger partial charge in [0.15, 0.2) is 17.5 Å². The normalized spacial score (nSPS) is 11.2. The van der Waals surface area contributed by atoms with Crippen LogP contribution in [0.4, 0.5) is 0 Å². The van der Waals surface area contributed by atoms with E-state index < -0.39 is 0 Å². The number of benzene rings is 5. The number of aromatic nitrogens is 6. The van der Waals surface area contributed by atoms with Crippen molar-refractivity contribution >= 4 is 21.7 Å². The first-order valence-corrected chi connectivity index (χ1v) is 16.4. The molecule has 0 unspecified atom stereocenters. The zero-order chi connectivity index (χ0) is 33.3. The molecule has 5 aromatic carbocycles. The Hall–Kier alpha value is -6.92. The first-order valence-electron chi connectivity index (χ1n) is 16.4. The summed E-state index contributed by atoms with van der Waals surface area (Å²) in [5.74, 6) is 1.85. The fourth-order valence-corrected chi connectivity index (χ4v) is 6.35. The number of fused-ring (bicyclic) bond motifs is 3. The van der Waals surface area contributed by atoms with E-state index >= 15 is 0 Å². The molecule has 0 aliphatic heterocycles. The predicted molar refractivity (Wildman–Crippen MR) is 201 cm³/mol. The Balaban J connectivity index is 1.08. The molecule has 0 saturated carbocycles. The van der Waals surface area contributed by atoms with Gasteiger partial charge in [-0.1, -0.05) is 127 Å². The van der Waals surface area contributed by atoms with Gasteiger partial charge in [-0.15, -0.1) is 0 Å². The minimum Gasteiger partial charge on any atom is -0.264 e. The first-order chi connectivity index (χ1) is 24.8.